The van der Waals surface area contributed by atoms with E-state index in [1.165, 1.54) is 0 Å². The summed E-state index contributed by atoms with van der Waals surface area (Å²) in [5.41, 5.74) is 2.48. The second kappa shape index (κ2) is 5.83. The predicted octanol–water partition coefficient (Wildman–Crippen LogP) is 3.14. The van der Waals surface area contributed by atoms with Crippen LogP contribution in [0, 0.1) is 0 Å². The van der Waals surface area contributed by atoms with Gasteiger partial charge in [-0.1, -0.05) is 13.3 Å². The molecule has 0 amide bonds. The lowest BCUT2D eigenvalue weighted by molar-refractivity contribution is 0.459. The number of unbranched alkanes of at least 4 members (excludes halogenated alkanes) is 1. The second-order valence-corrected chi connectivity index (χ2v) is 4.90. The van der Waals surface area contributed by atoms with E-state index in [1.807, 2.05) is 12.1 Å². The maximum atomic E-state index is 10.3. The van der Waals surface area contributed by atoms with Gasteiger partial charge in [0.15, 0.2) is 5.82 Å². The van der Waals surface area contributed by atoms with Crippen LogP contribution in [0.15, 0.2) is 36.9 Å². The minimum Gasteiger partial charge on any atom is -0.493 e. The predicted molar refractivity (Wildman–Crippen MR) is 80.8 cm³/mol. The summed E-state index contributed by atoms with van der Waals surface area (Å²) >= 11 is 0. The van der Waals surface area contributed by atoms with Gasteiger partial charge in [0.25, 0.3) is 0 Å². The Kier molecular flexibility index (Phi) is 3.73. The maximum Gasteiger partial charge on any atom is 0.222 e. The van der Waals surface area contributed by atoms with Crippen molar-refractivity contribution >= 4 is 10.9 Å². The molecule has 3 heterocycles. The molecule has 3 rings (SSSR count). The summed E-state index contributed by atoms with van der Waals surface area (Å²) in [6.45, 7) is 2.14. The lowest BCUT2D eigenvalue weighted by Crippen LogP contribution is -1.96. The molecule has 0 aliphatic heterocycles. The standard InChI is InChI=1S/C16H16N4O/c1-2-3-4-12-9-18-10-13-14(12)16(21)20-15(19-13)11-5-7-17-8-6-11/h5-10H,2-4H2,1H3,(H,19,20,21). The van der Waals surface area contributed by atoms with Gasteiger partial charge in [-0.05, 0) is 30.5 Å². The van der Waals surface area contributed by atoms with E-state index < -0.39 is 0 Å². The molecule has 0 bridgehead atoms. The number of pyridine rings is 2. The lowest BCUT2D eigenvalue weighted by atomic mass is 10.1. The quantitative estimate of drug-likeness (QED) is 0.795. The molecule has 0 aromatic carbocycles. The number of fused-ring (bicyclic) bond motifs is 1. The number of rotatable bonds is 4. The van der Waals surface area contributed by atoms with Crippen LogP contribution >= 0.6 is 0 Å². The van der Waals surface area contributed by atoms with Gasteiger partial charge in [0.2, 0.25) is 5.88 Å². The Hall–Kier alpha value is -2.56. The molecule has 0 spiro atoms. The molecule has 0 saturated heterocycles. The van der Waals surface area contributed by atoms with Crippen LogP contribution in [0.5, 0.6) is 5.88 Å². The summed E-state index contributed by atoms with van der Waals surface area (Å²) in [5, 5.41) is 11.0. The van der Waals surface area contributed by atoms with Crippen molar-refractivity contribution in [2.75, 3.05) is 0 Å². The number of hydrogen-bond acceptors (Lipinski definition) is 5. The van der Waals surface area contributed by atoms with Crippen LogP contribution in [-0.2, 0) is 6.42 Å². The molecule has 3 aromatic heterocycles. The molecule has 5 heteroatoms. The first-order valence-electron chi connectivity index (χ1n) is 7.03. The average molecular weight is 280 g/mol. The fourth-order valence-corrected chi connectivity index (χ4v) is 2.32. The van der Waals surface area contributed by atoms with E-state index in [4.69, 9.17) is 0 Å². The fourth-order valence-electron chi connectivity index (χ4n) is 2.32. The van der Waals surface area contributed by atoms with Crippen LogP contribution in [0.25, 0.3) is 22.3 Å². The lowest BCUT2D eigenvalue weighted by Gasteiger charge is -2.08. The van der Waals surface area contributed by atoms with E-state index in [1.54, 1.807) is 24.8 Å². The zero-order valence-corrected chi connectivity index (χ0v) is 11.8. The molecule has 0 radical (unpaired) electrons. The molecular weight excluding hydrogens is 264 g/mol. The summed E-state index contributed by atoms with van der Waals surface area (Å²) in [7, 11) is 0. The Labute approximate surface area is 122 Å². The highest BCUT2D eigenvalue weighted by Crippen LogP contribution is 2.28. The topological polar surface area (TPSA) is 71.8 Å². The first-order valence-corrected chi connectivity index (χ1v) is 7.03. The number of aromatic hydroxyl groups is 1. The first-order chi connectivity index (χ1) is 10.3. The number of nitrogens with zero attached hydrogens (tertiary/aromatic N) is 4. The van der Waals surface area contributed by atoms with Gasteiger partial charge in [-0.15, -0.1) is 0 Å². The van der Waals surface area contributed by atoms with Gasteiger partial charge < -0.3 is 5.11 Å². The fraction of sp³-hybridized carbons (Fsp3) is 0.250. The van der Waals surface area contributed by atoms with Crippen molar-refractivity contribution in [2.45, 2.75) is 26.2 Å². The van der Waals surface area contributed by atoms with Gasteiger partial charge in [0.1, 0.15) is 0 Å². The highest BCUT2D eigenvalue weighted by Gasteiger charge is 2.12. The maximum absolute atomic E-state index is 10.3. The van der Waals surface area contributed by atoms with Crippen molar-refractivity contribution in [2.24, 2.45) is 0 Å². The normalized spacial score (nSPS) is 10.9. The van der Waals surface area contributed by atoms with Gasteiger partial charge in [0, 0.05) is 24.2 Å². The average Bonchev–Trinajstić information content (AvgIpc) is 2.53. The zero-order chi connectivity index (χ0) is 14.7. The molecule has 0 aliphatic carbocycles. The summed E-state index contributed by atoms with van der Waals surface area (Å²) in [6.07, 6.45) is 9.81. The molecule has 5 nitrogen and oxygen atoms in total. The molecule has 0 saturated carbocycles. The molecule has 106 valence electrons. The van der Waals surface area contributed by atoms with Crippen LogP contribution in [0.4, 0.5) is 0 Å². The van der Waals surface area contributed by atoms with Crippen LogP contribution in [0.2, 0.25) is 0 Å². The molecule has 0 fully saturated rings. The van der Waals surface area contributed by atoms with E-state index >= 15 is 0 Å². The van der Waals surface area contributed by atoms with E-state index in [2.05, 4.69) is 26.9 Å². The van der Waals surface area contributed by atoms with Crippen molar-refractivity contribution < 1.29 is 5.11 Å². The molecule has 1 N–H and O–H groups in total. The number of hydrogen-bond donors (Lipinski definition) is 1. The van der Waals surface area contributed by atoms with Crippen molar-refractivity contribution in [3.63, 3.8) is 0 Å². The summed E-state index contributed by atoms with van der Waals surface area (Å²) in [6, 6.07) is 3.63. The third-order valence-electron chi connectivity index (χ3n) is 3.40. The summed E-state index contributed by atoms with van der Waals surface area (Å²) in [4.78, 5) is 16.9. The van der Waals surface area contributed by atoms with Crippen molar-refractivity contribution in [3.8, 4) is 17.3 Å². The van der Waals surface area contributed by atoms with Crippen molar-refractivity contribution in [3.05, 3.63) is 42.5 Å². The third kappa shape index (κ3) is 2.67. The smallest absolute Gasteiger partial charge is 0.222 e. The van der Waals surface area contributed by atoms with Gasteiger partial charge in [-0.25, -0.2) is 4.98 Å². The Balaban J connectivity index is 2.13. The molecular formula is C16H16N4O. The molecule has 0 aliphatic rings. The SMILES string of the molecule is CCCCc1cncc2nc(-c3ccncc3)nc(O)c12. The Morgan fingerprint density at radius 3 is 2.62 bits per heavy atom. The molecule has 3 aromatic rings. The van der Waals surface area contributed by atoms with E-state index in [-0.39, 0.29) is 5.88 Å². The van der Waals surface area contributed by atoms with Gasteiger partial charge in [-0.3, -0.25) is 9.97 Å². The van der Waals surface area contributed by atoms with E-state index in [9.17, 15) is 5.11 Å². The monoisotopic (exact) mass is 280 g/mol. The van der Waals surface area contributed by atoms with Gasteiger partial charge in [-0.2, -0.15) is 4.98 Å². The largest absolute Gasteiger partial charge is 0.493 e. The summed E-state index contributed by atoms with van der Waals surface area (Å²) in [5.74, 6) is 0.497. The van der Waals surface area contributed by atoms with Crippen molar-refractivity contribution in [1.82, 2.24) is 19.9 Å². The first kappa shape index (κ1) is 13.4. The van der Waals surface area contributed by atoms with E-state index in [0.29, 0.717) is 16.7 Å². The molecule has 0 atom stereocenters. The Bertz CT molecular complexity index is 759. The Morgan fingerprint density at radius 2 is 1.86 bits per heavy atom. The van der Waals surface area contributed by atoms with Crippen LogP contribution in [0.1, 0.15) is 25.3 Å². The summed E-state index contributed by atoms with van der Waals surface area (Å²) < 4.78 is 0. The van der Waals surface area contributed by atoms with Crippen LogP contribution in [0.3, 0.4) is 0 Å². The van der Waals surface area contributed by atoms with E-state index in [0.717, 1.165) is 30.4 Å². The van der Waals surface area contributed by atoms with Gasteiger partial charge in [0.05, 0.1) is 17.1 Å². The highest BCUT2D eigenvalue weighted by molar-refractivity contribution is 5.87. The van der Waals surface area contributed by atoms with Crippen LogP contribution < -0.4 is 0 Å². The van der Waals surface area contributed by atoms with Crippen molar-refractivity contribution in [1.29, 1.82) is 0 Å². The van der Waals surface area contributed by atoms with Crippen LogP contribution in [-0.4, -0.2) is 25.0 Å². The highest BCUT2D eigenvalue weighted by atomic mass is 16.3. The minimum absolute atomic E-state index is 0.0142. The number of aromatic nitrogens is 4. The molecule has 21 heavy (non-hydrogen) atoms. The zero-order valence-electron chi connectivity index (χ0n) is 11.8. The minimum atomic E-state index is 0.0142. The third-order valence-corrected chi connectivity index (χ3v) is 3.40. The van der Waals surface area contributed by atoms with Gasteiger partial charge >= 0.3 is 0 Å². The Morgan fingerprint density at radius 1 is 1.05 bits per heavy atom. The number of aryl methyl sites for hydroxylation is 1. The second-order valence-electron chi connectivity index (χ2n) is 4.90. The molecule has 0 unspecified atom stereocenters.